The fourth-order valence-electron chi connectivity index (χ4n) is 5.97. The Bertz CT molecular complexity index is 1870. The molecule has 12 nitrogen and oxygen atoms in total. The number of nitrogens with one attached hydrogen (secondary N) is 2. The standard InChI is InChI=1S/C37H35N5O7S2/c1-3-19-48-41-31(33(45)39-34(49-23(2)43)27-21-50-30-20-29(44)42(30)32(27)35(46)47)28-22-51-36(38-28)40-37(24-13-7-4-8-14-24,25-15-9-5-10-16-25)26-17-11-6-12-18-26/h4-18,22,30,34H,3,19-21H2,1-2H3,(H,38,40)(H,39,45)(H,46,47)/t30-,34?/m1/s1. The van der Waals surface area contributed by atoms with Gasteiger partial charge in [0.25, 0.3) is 5.91 Å². The number of anilines is 1. The van der Waals surface area contributed by atoms with Crippen LogP contribution in [0.25, 0.3) is 0 Å². The molecule has 1 saturated heterocycles. The van der Waals surface area contributed by atoms with Gasteiger partial charge in [-0.25, -0.2) is 9.78 Å². The molecule has 2 aliphatic heterocycles. The van der Waals surface area contributed by atoms with Crippen LogP contribution < -0.4 is 10.6 Å². The van der Waals surface area contributed by atoms with Crippen LogP contribution in [0.5, 0.6) is 0 Å². The molecule has 6 rings (SSSR count). The highest BCUT2D eigenvalue weighted by Gasteiger charge is 2.47. The number of carboxylic acid groups (broad SMARTS) is 1. The molecule has 3 aromatic carbocycles. The van der Waals surface area contributed by atoms with E-state index in [2.05, 4.69) is 15.8 Å². The van der Waals surface area contributed by atoms with Gasteiger partial charge in [-0.1, -0.05) is 103 Å². The third kappa shape index (κ3) is 7.37. The smallest absolute Gasteiger partial charge is 0.352 e. The van der Waals surface area contributed by atoms with Crippen molar-refractivity contribution in [2.75, 3.05) is 17.7 Å². The zero-order chi connectivity index (χ0) is 36.0. The quantitative estimate of drug-likeness (QED) is 0.0295. The average Bonchev–Trinajstić information content (AvgIpc) is 3.60. The first-order valence-electron chi connectivity index (χ1n) is 16.2. The minimum atomic E-state index is -1.50. The lowest BCUT2D eigenvalue weighted by Gasteiger charge is -2.44. The van der Waals surface area contributed by atoms with Crippen LogP contribution in [0.2, 0.25) is 0 Å². The lowest BCUT2D eigenvalue weighted by atomic mass is 9.77. The van der Waals surface area contributed by atoms with E-state index in [0.29, 0.717) is 11.6 Å². The van der Waals surface area contributed by atoms with Gasteiger partial charge in [0.2, 0.25) is 12.1 Å². The van der Waals surface area contributed by atoms with Crippen molar-refractivity contribution in [2.45, 2.75) is 43.8 Å². The Labute approximate surface area is 302 Å². The van der Waals surface area contributed by atoms with Crippen molar-refractivity contribution in [1.29, 1.82) is 0 Å². The Hall–Kier alpha value is -5.47. The van der Waals surface area contributed by atoms with Gasteiger partial charge in [0.05, 0.1) is 11.8 Å². The summed E-state index contributed by atoms with van der Waals surface area (Å²) in [5.74, 6) is -3.22. The van der Waals surface area contributed by atoms with Gasteiger partial charge in [-0.3, -0.25) is 19.3 Å². The maximum Gasteiger partial charge on any atom is 0.352 e. The average molecular weight is 726 g/mol. The maximum atomic E-state index is 14.0. The number of aromatic nitrogens is 1. The molecule has 3 N–H and O–H groups in total. The fraction of sp³-hybridized carbons (Fsp3) is 0.243. The number of ether oxygens (including phenoxy) is 1. The number of thioether (sulfide) groups is 1. The molecule has 262 valence electrons. The van der Waals surface area contributed by atoms with Crippen LogP contribution in [0, 0.1) is 0 Å². The highest BCUT2D eigenvalue weighted by molar-refractivity contribution is 8.00. The molecule has 51 heavy (non-hydrogen) atoms. The van der Waals surface area contributed by atoms with Crippen molar-refractivity contribution in [3.8, 4) is 0 Å². The van der Waals surface area contributed by atoms with Crippen LogP contribution in [0.15, 0.2) is 113 Å². The lowest BCUT2D eigenvalue weighted by molar-refractivity contribution is -0.149. The molecule has 2 aliphatic rings. The largest absolute Gasteiger partial charge is 0.477 e. The number of carbonyl (C=O) groups excluding carboxylic acids is 3. The number of β-lactam (4-membered cyclic amide) rings is 1. The van der Waals surface area contributed by atoms with Gasteiger partial charge in [-0.05, 0) is 23.1 Å². The van der Waals surface area contributed by atoms with E-state index >= 15 is 0 Å². The maximum absolute atomic E-state index is 14.0. The summed E-state index contributed by atoms with van der Waals surface area (Å²) in [5.41, 5.74) is 1.68. The second-order valence-corrected chi connectivity index (χ2v) is 13.7. The molecular weight excluding hydrogens is 691 g/mol. The Balaban J connectivity index is 1.38. The lowest BCUT2D eigenvalue weighted by Crippen LogP contribution is -2.56. The number of hydrogen-bond acceptors (Lipinski definition) is 11. The van der Waals surface area contributed by atoms with Crippen molar-refractivity contribution in [1.82, 2.24) is 15.2 Å². The van der Waals surface area contributed by atoms with Crippen LogP contribution in [0.4, 0.5) is 5.13 Å². The van der Waals surface area contributed by atoms with Crippen LogP contribution in [0.1, 0.15) is 49.1 Å². The van der Waals surface area contributed by atoms with E-state index in [-0.39, 0.29) is 52.7 Å². The van der Waals surface area contributed by atoms with Gasteiger partial charge >= 0.3 is 11.9 Å². The Morgan fingerprint density at radius 2 is 1.59 bits per heavy atom. The van der Waals surface area contributed by atoms with Crippen LogP contribution in [-0.4, -0.2) is 68.4 Å². The first-order chi connectivity index (χ1) is 24.7. The SMILES string of the molecule is CCCON=C(C(=O)NC(OC(C)=O)C1=C(C(=O)O)N2C(=O)C[C@H]2SC1)c1csc(NC(c2ccccc2)(c2ccccc2)c2ccccc2)n1. The summed E-state index contributed by atoms with van der Waals surface area (Å²) in [7, 11) is 0. The summed E-state index contributed by atoms with van der Waals surface area (Å²) in [4.78, 5) is 62.4. The Morgan fingerprint density at radius 1 is 1.00 bits per heavy atom. The molecule has 0 saturated carbocycles. The zero-order valence-electron chi connectivity index (χ0n) is 27.8. The van der Waals surface area contributed by atoms with E-state index in [4.69, 9.17) is 14.6 Å². The normalized spacial score (nSPS) is 16.4. The van der Waals surface area contributed by atoms with Gasteiger partial charge < -0.3 is 25.3 Å². The number of thiazole rings is 1. The van der Waals surface area contributed by atoms with E-state index < -0.39 is 29.6 Å². The number of hydrogen-bond donors (Lipinski definition) is 3. The molecule has 2 amide bonds. The number of esters is 1. The molecule has 1 aromatic heterocycles. The minimum absolute atomic E-state index is 0.0631. The highest BCUT2D eigenvalue weighted by Crippen LogP contribution is 2.42. The number of fused-ring (bicyclic) bond motifs is 1. The third-order valence-electron chi connectivity index (χ3n) is 8.28. The summed E-state index contributed by atoms with van der Waals surface area (Å²) < 4.78 is 5.44. The second kappa shape index (κ2) is 15.6. The van der Waals surface area contributed by atoms with Crippen molar-refractivity contribution in [3.05, 3.63) is 130 Å². The van der Waals surface area contributed by atoms with Crippen molar-refractivity contribution in [3.63, 3.8) is 0 Å². The fourth-order valence-corrected chi connectivity index (χ4v) is 8.01. The molecule has 14 heteroatoms. The number of carboxylic acids is 1. The molecular formula is C37H35N5O7S2. The monoisotopic (exact) mass is 725 g/mol. The van der Waals surface area contributed by atoms with E-state index in [1.165, 1.54) is 23.1 Å². The van der Waals surface area contributed by atoms with Gasteiger partial charge in [0.1, 0.15) is 23.5 Å². The predicted molar refractivity (Wildman–Crippen MR) is 194 cm³/mol. The number of oxime groups is 1. The third-order valence-corrected chi connectivity index (χ3v) is 10.3. The van der Waals surface area contributed by atoms with Crippen LogP contribution in [0.3, 0.4) is 0 Å². The van der Waals surface area contributed by atoms with Crippen LogP contribution >= 0.6 is 23.1 Å². The van der Waals surface area contributed by atoms with Gasteiger partial charge in [0.15, 0.2) is 10.8 Å². The molecule has 1 fully saturated rings. The first kappa shape index (κ1) is 35.4. The summed E-state index contributed by atoms with van der Waals surface area (Å²) in [5, 5.41) is 22.3. The number of benzene rings is 3. The number of carbonyl (C=O) groups is 4. The molecule has 0 aliphatic carbocycles. The van der Waals surface area contributed by atoms with Gasteiger partial charge in [-0.15, -0.1) is 23.1 Å². The number of aliphatic carboxylic acids is 1. The zero-order valence-corrected chi connectivity index (χ0v) is 29.4. The summed E-state index contributed by atoms with van der Waals surface area (Å²) >= 11 is 2.58. The summed E-state index contributed by atoms with van der Waals surface area (Å²) in [6.45, 7) is 3.24. The Kier molecular flexibility index (Phi) is 10.8. The van der Waals surface area contributed by atoms with Gasteiger partial charge in [-0.2, -0.15) is 0 Å². The van der Waals surface area contributed by atoms with E-state index in [1.54, 1.807) is 5.38 Å². The highest BCUT2D eigenvalue weighted by atomic mass is 32.2. The van der Waals surface area contributed by atoms with Gasteiger partial charge in [0, 0.05) is 23.6 Å². The summed E-state index contributed by atoms with van der Waals surface area (Å²) in [6.07, 6.45) is -0.688. The van der Waals surface area contributed by atoms with E-state index in [1.807, 2.05) is 97.9 Å². The second-order valence-electron chi connectivity index (χ2n) is 11.7. The Morgan fingerprint density at radius 3 is 2.10 bits per heavy atom. The van der Waals surface area contributed by atoms with Crippen molar-refractivity contribution >= 4 is 57.7 Å². The first-order valence-corrected chi connectivity index (χ1v) is 18.1. The molecule has 3 heterocycles. The van der Waals surface area contributed by atoms with Crippen molar-refractivity contribution in [2.24, 2.45) is 5.16 Å². The molecule has 1 unspecified atom stereocenters. The number of amides is 2. The van der Waals surface area contributed by atoms with Crippen LogP contribution in [-0.2, 0) is 34.3 Å². The molecule has 0 radical (unpaired) electrons. The summed E-state index contributed by atoms with van der Waals surface area (Å²) in [6, 6.07) is 29.9. The number of rotatable bonds is 14. The van der Waals surface area contributed by atoms with Crippen molar-refractivity contribution < 1.29 is 33.9 Å². The minimum Gasteiger partial charge on any atom is -0.477 e. The van der Waals surface area contributed by atoms with E-state index in [0.717, 1.165) is 28.5 Å². The topological polar surface area (TPSA) is 160 Å². The molecule has 2 atom stereocenters. The molecule has 4 aromatic rings. The molecule has 0 spiro atoms. The molecule has 0 bridgehead atoms. The van der Waals surface area contributed by atoms with E-state index in [9.17, 15) is 24.3 Å². The predicted octanol–water partition coefficient (Wildman–Crippen LogP) is 5.33. The number of nitrogens with zero attached hydrogens (tertiary/aromatic N) is 3.